The Hall–Kier alpha value is -1.53. The van der Waals surface area contributed by atoms with Crippen LogP contribution in [-0.2, 0) is 19.4 Å². The van der Waals surface area contributed by atoms with E-state index >= 15 is 0 Å². The third kappa shape index (κ3) is 2.19. The summed E-state index contributed by atoms with van der Waals surface area (Å²) in [4.78, 5) is 2.99. The second kappa shape index (κ2) is 5.10. The number of nitrogens with two attached hydrogens (primary N) is 1. The molecule has 1 aromatic carbocycles. The van der Waals surface area contributed by atoms with E-state index in [1.807, 2.05) is 10.8 Å². The molecule has 0 fully saturated rings. The van der Waals surface area contributed by atoms with Crippen LogP contribution in [-0.4, -0.2) is 9.55 Å². The van der Waals surface area contributed by atoms with Crippen LogP contribution in [0.3, 0.4) is 0 Å². The average molecular weight is 295 g/mol. The highest BCUT2D eigenvalue weighted by molar-refractivity contribution is 7.71. The van der Waals surface area contributed by atoms with E-state index in [0.29, 0.717) is 24.2 Å². The van der Waals surface area contributed by atoms with Crippen LogP contribution >= 0.6 is 12.2 Å². The summed E-state index contributed by atoms with van der Waals surface area (Å²) in [5.41, 5.74) is 8.39. The number of rotatable bonds is 2. The minimum atomic E-state index is -0.791. The lowest BCUT2D eigenvalue weighted by Crippen LogP contribution is -2.21. The zero-order valence-electron chi connectivity index (χ0n) is 10.8. The van der Waals surface area contributed by atoms with Gasteiger partial charge in [0.25, 0.3) is 0 Å². The van der Waals surface area contributed by atoms with Gasteiger partial charge < -0.3 is 15.3 Å². The molecule has 0 bridgehead atoms. The SMILES string of the molecule is NCc1c[nH]c(=S)n1C1CCc2cc(F)c(F)cc2C1. The third-order valence-electron chi connectivity index (χ3n) is 3.91. The predicted molar refractivity (Wildman–Crippen MR) is 74.9 cm³/mol. The van der Waals surface area contributed by atoms with E-state index in [9.17, 15) is 8.78 Å². The summed E-state index contributed by atoms with van der Waals surface area (Å²) in [5.74, 6) is -1.57. The Labute approximate surface area is 120 Å². The standard InChI is InChI=1S/C14H15F2N3S/c15-12-4-8-1-2-10(3-9(8)5-13(12)16)19-11(6-17)7-18-14(19)20/h4-5,7,10H,1-3,6,17H2,(H,18,20). The average Bonchev–Trinajstić information content (AvgIpc) is 2.81. The predicted octanol–water partition coefficient (Wildman–Crippen LogP) is 3.01. The van der Waals surface area contributed by atoms with Gasteiger partial charge in [-0.15, -0.1) is 0 Å². The lowest BCUT2D eigenvalue weighted by Gasteiger charge is -2.27. The van der Waals surface area contributed by atoms with Crippen molar-refractivity contribution in [1.29, 1.82) is 0 Å². The monoisotopic (exact) mass is 295 g/mol. The van der Waals surface area contributed by atoms with Crippen LogP contribution in [0.1, 0.15) is 29.3 Å². The van der Waals surface area contributed by atoms with Gasteiger partial charge in [0, 0.05) is 18.8 Å². The van der Waals surface area contributed by atoms with E-state index in [4.69, 9.17) is 18.0 Å². The van der Waals surface area contributed by atoms with E-state index in [0.717, 1.165) is 23.2 Å². The first-order valence-corrected chi connectivity index (χ1v) is 6.96. The van der Waals surface area contributed by atoms with Crippen molar-refractivity contribution in [3.8, 4) is 0 Å². The molecule has 0 saturated heterocycles. The number of H-pyrrole nitrogens is 1. The molecule has 3 rings (SSSR count). The van der Waals surface area contributed by atoms with Crippen molar-refractivity contribution in [3.63, 3.8) is 0 Å². The van der Waals surface area contributed by atoms with Gasteiger partial charge in [0.2, 0.25) is 0 Å². The molecule has 0 aliphatic heterocycles. The van der Waals surface area contributed by atoms with Crippen molar-refractivity contribution in [2.24, 2.45) is 5.73 Å². The zero-order valence-corrected chi connectivity index (χ0v) is 11.6. The maximum atomic E-state index is 13.4. The van der Waals surface area contributed by atoms with Gasteiger partial charge in [-0.25, -0.2) is 8.78 Å². The molecule has 3 N–H and O–H groups in total. The number of fused-ring (bicyclic) bond motifs is 1. The molecular weight excluding hydrogens is 280 g/mol. The molecule has 6 heteroatoms. The van der Waals surface area contributed by atoms with Crippen LogP contribution in [0, 0.1) is 16.4 Å². The maximum Gasteiger partial charge on any atom is 0.177 e. The number of benzene rings is 1. The molecule has 0 spiro atoms. The molecule has 0 amide bonds. The van der Waals surface area contributed by atoms with E-state index in [1.165, 1.54) is 12.1 Å². The van der Waals surface area contributed by atoms with Gasteiger partial charge in [-0.2, -0.15) is 0 Å². The van der Waals surface area contributed by atoms with Crippen molar-refractivity contribution in [2.45, 2.75) is 31.8 Å². The molecule has 1 aromatic heterocycles. The molecule has 20 heavy (non-hydrogen) atoms. The third-order valence-corrected chi connectivity index (χ3v) is 4.22. The fraction of sp³-hybridized carbons (Fsp3) is 0.357. The van der Waals surface area contributed by atoms with Gasteiger partial charge in [-0.1, -0.05) is 0 Å². The van der Waals surface area contributed by atoms with Gasteiger partial charge >= 0.3 is 0 Å². The second-order valence-electron chi connectivity index (χ2n) is 5.09. The number of hydrogen-bond acceptors (Lipinski definition) is 2. The number of aryl methyl sites for hydroxylation is 1. The topological polar surface area (TPSA) is 46.7 Å². The molecule has 3 nitrogen and oxygen atoms in total. The van der Waals surface area contributed by atoms with E-state index in [-0.39, 0.29) is 6.04 Å². The molecule has 1 aliphatic carbocycles. The zero-order chi connectivity index (χ0) is 14.3. The summed E-state index contributed by atoms with van der Waals surface area (Å²) in [6, 6.07) is 2.75. The number of halogens is 2. The maximum absolute atomic E-state index is 13.4. The Morgan fingerprint density at radius 3 is 2.70 bits per heavy atom. The first-order chi connectivity index (χ1) is 9.60. The number of imidazole rings is 1. The minimum Gasteiger partial charge on any atom is -0.337 e. The molecule has 1 aliphatic rings. The first-order valence-electron chi connectivity index (χ1n) is 6.55. The normalized spacial score (nSPS) is 18.1. The lowest BCUT2D eigenvalue weighted by atomic mass is 9.88. The molecule has 0 radical (unpaired) electrons. The highest BCUT2D eigenvalue weighted by Crippen LogP contribution is 2.31. The molecule has 2 aromatic rings. The number of nitrogens with one attached hydrogen (secondary N) is 1. The Morgan fingerprint density at radius 1 is 1.30 bits per heavy atom. The van der Waals surface area contributed by atoms with Crippen LogP contribution in [0.15, 0.2) is 18.3 Å². The summed E-state index contributed by atoms with van der Waals surface area (Å²) in [5, 5.41) is 0. The van der Waals surface area contributed by atoms with Gasteiger partial charge in [0.1, 0.15) is 0 Å². The van der Waals surface area contributed by atoms with Crippen LogP contribution in [0.5, 0.6) is 0 Å². The highest BCUT2D eigenvalue weighted by atomic mass is 32.1. The molecule has 106 valence electrons. The van der Waals surface area contributed by atoms with E-state index in [2.05, 4.69) is 4.98 Å². The Morgan fingerprint density at radius 2 is 2.00 bits per heavy atom. The summed E-state index contributed by atoms with van der Waals surface area (Å²) >= 11 is 5.28. The van der Waals surface area contributed by atoms with Crippen LogP contribution in [0.4, 0.5) is 8.78 Å². The van der Waals surface area contributed by atoms with Crippen molar-refractivity contribution in [1.82, 2.24) is 9.55 Å². The van der Waals surface area contributed by atoms with Gasteiger partial charge in [-0.3, -0.25) is 0 Å². The minimum absolute atomic E-state index is 0.143. The first kappa shape index (κ1) is 13.5. The van der Waals surface area contributed by atoms with Crippen LogP contribution in [0.25, 0.3) is 0 Å². The van der Waals surface area contributed by atoms with Crippen LogP contribution < -0.4 is 5.73 Å². The number of aromatic amines is 1. The molecule has 1 atom stereocenters. The summed E-state index contributed by atoms with van der Waals surface area (Å²) in [6.07, 6.45) is 4.01. The molecule has 1 heterocycles. The van der Waals surface area contributed by atoms with E-state index < -0.39 is 11.6 Å². The van der Waals surface area contributed by atoms with Crippen LogP contribution in [0.2, 0.25) is 0 Å². The molecule has 0 saturated carbocycles. The summed E-state index contributed by atoms with van der Waals surface area (Å²) in [7, 11) is 0. The van der Waals surface area contributed by atoms with E-state index in [1.54, 1.807) is 0 Å². The lowest BCUT2D eigenvalue weighted by molar-refractivity contribution is 0.421. The quantitative estimate of drug-likeness (QED) is 0.837. The highest BCUT2D eigenvalue weighted by Gasteiger charge is 2.23. The van der Waals surface area contributed by atoms with Gasteiger partial charge in [0.15, 0.2) is 16.4 Å². The second-order valence-corrected chi connectivity index (χ2v) is 5.48. The Bertz CT molecular complexity index is 705. The smallest absolute Gasteiger partial charge is 0.177 e. The summed E-state index contributed by atoms with van der Waals surface area (Å²) < 4.78 is 29.2. The number of nitrogens with zero attached hydrogens (tertiary/aromatic N) is 1. The largest absolute Gasteiger partial charge is 0.337 e. The molecule has 1 unspecified atom stereocenters. The van der Waals surface area contributed by atoms with Crippen molar-refractivity contribution in [3.05, 3.63) is 51.6 Å². The fourth-order valence-electron chi connectivity index (χ4n) is 2.92. The Balaban J connectivity index is 1.98. The fourth-order valence-corrected chi connectivity index (χ4v) is 3.25. The number of hydrogen-bond donors (Lipinski definition) is 2. The summed E-state index contributed by atoms with van der Waals surface area (Å²) in [6.45, 7) is 0.397. The molecular formula is C14H15F2N3S. The van der Waals surface area contributed by atoms with Gasteiger partial charge in [0.05, 0.1) is 5.69 Å². The number of aromatic nitrogens is 2. The van der Waals surface area contributed by atoms with Gasteiger partial charge in [-0.05, 0) is 54.7 Å². The van der Waals surface area contributed by atoms with Crippen molar-refractivity contribution >= 4 is 12.2 Å². The van der Waals surface area contributed by atoms with Crippen molar-refractivity contribution < 1.29 is 8.78 Å². The van der Waals surface area contributed by atoms with Crippen molar-refractivity contribution in [2.75, 3.05) is 0 Å². The Kier molecular flexibility index (Phi) is 3.43.